The van der Waals surface area contributed by atoms with E-state index in [1.54, 1.807) is 7.11 Å². The minimum Gasteiger partial charge on any atom is -0.497 e. The molecule has 0 saturated carbocycles. The van der Waals surface area contributed by atoms with Crippen LogP contribution < -0.4 is 10.1 Å². The number of thiophene rings is 1. The van der Waals surface area contributed by atoms with Gasteiger partial charge in [0.05, 0.1) is 18.0 Å². The number of nitrogens with one attached hydrogen (secondary N) is 1. The van der Waals surface area contributed by atoms with E-state index in [1.807, 2.05) is 38.1 Å². The molecule has 0 aliphatic carbocycles. The van der Waals surface area contributed by atoms with Crippen molar-refractivity contribution in [2.45, 2.75) is 19.9 Å². The van der Waals surface area contributed by atoms with Crippen molar-refractivity contribution in [2.75, 3.05) is 7.11 Å². The van der Waals surface area contributed by atoms with Gasteiger partial charge in [0.15, 0.2) is 0 Å². The highest BCUT2D eigenvalue weighted by Gasteiger charge is 2.21. The molecule has 0 fully saturated rings. The van der Waals surface area contributed by atoms with E-state index in [9.17, 15) is 9.59 Å². The van der Waals surface area contributed by atoms with Crippen LogP contribution in [0.2, 0.25) is 0 Å². The molecular weight excluding hydrogens is 314 g/mol. The fourth-order valence-corrected chi connectivity index (χ4v) is 2.98. The fourth-order valence-electron chi connectivity index (χ4n) is 2.23. The third kappa shape index (κ3) is 4.10. The summed E-state index contributed by atoms with van der Waals surface area (Å²) < 4.78 is 5.14. The molecule has 2 aromatic rings. The van der Waals surface area contributed by atoms with E-state index in [4.69, 9.17) is 9.84 Å². The monoisotopic (exact) mass is 333 g/mol. The van der Waals surface area contributed by atoms with E-state index in [-0.39, 0.29) is 22.7 Å². The Bertz CT molecular complexity index is 691. The maximum Gasteiger partial charge on any atom is 0.345 e. The zero-order valence-corrected chi connectivity index (χ0v) is 14.0. The summed E-state index contributed by atoms with van der Waals surface area (Å²) in [6.45, 7) is 4.04. The largest absolute Gasteiger partial charge is 0.497 e. The summed E-state index contributed by atoms with van der Waals surface area (Å²) in [5.41, 5.74) is 0.976. The van der Waals surface area contributed by atoms with Crippen LogP contribution in [-0.2, 0) is 0 Å². The summed E-state index contributed by atoms with van der Waals surface area (Å²) in [5.74, 6) is -0.347. The quantitative estimate of drug-likeness (QED) is 0.847. The van der Waals surface area contributed by atoms with Gasteiger partial charge < -0.3 is 15.2 Å². The summed E-state index contributed by atoms with van der Waals surface area (Å²) in [4.78, 5) is 23.8. The number of carboxylic acid groups (broad SMARTS) is 1. The van der Waals surface area contributed by atoms with Crippen molar-refractivity contribution in [1.29, 1.82) is 0 Å². The Morgan fingerprint density at radius 3 is 2.17 bits per heavy atom. The van der Waals surface area contributed by atoms with Gasteiger partial charge in [-0.25, -0.2) is 4.79 Å². The molecule has 1 heterocycles. The molecule has 0 saturated heterocycles. The van der Waals surface area contributed by atoms with E-state index < -0.39 is 5.97 Å². The van der Waals surface area contributed by atoms with Crippen molar-refractivity contribution < 1.29 is 19.4 Å². The van der Waals surface area contributed by atoms with Crippen molar-refractivity contribution in [2.24, 2.45) is 5.92 Å². The lowest BCUT2D eigenvalue weighted by molar-refractivity contribution is 0.0702. The molecule has 0 aliphatic rings. The van der Waals surface area contributed by atoms with Crippen LogP contribution in [0.15, 0.2) is 36.4 Å². The lowest BCUT2D eigenvalue weighted by atomic mass is 9.96. The third-order valence-electron chi connectivity index (χ3n) is 3.47. The number of aromatic carboxylic acids is 1. The zero-order valence-electron chi connectivity index (χ0n) is 13.2. The molecule has 1 atom stereocenters. The van der Waals surface area contributed by atoms with Crippen molar-refractivity contribution >= 4 is 23.2 Å². The van der Waals surface area contributed by atoms with E-state index in [0.29, 0.717) is 4.88 Å². The van der Waals surface area contributed by atoms with Crippen LogP contribution in [0.25, 0.3) is 0 Å². The maximum absolute atomic E-state index is 12.4. The number of benzene rings is 1. The molecule has 23 heavy (non-hydrogen) atoms. The highest BCUT2D eigenvalue weighted by molar-refractivity contribution is 7.15. The van der Waals surface area contributed by atoms with Crippen LogP contribution in [0, 0.1) is 5.92 Å². The number of methoxy groups -OCH3 is 1. The van der Waals surface area contributed by atoms with E-state index >= 15 is 0 Å². The fraction of sp³-hybridized carbons (Fsp3) is 0.294. The lowest BCUT2D eigenvalue weighted by Crippen LogP contribution is -2.31. The van der Waals surface area contributed by atoms with Crippen molar-refractivity contribution in [3.8, 4) is 5.75 Å². The minimum atomic E-state index is -1.02. The normalized spacial score (nSPS) is 12.0. The van der Waals surface area contributed by atoms with Gasteiger partial charge in [-0.3, -0.25) is 4.79 Å². The number of rotatable bonds is 6. The molecule has 1 unspecified atom stereocenters. The summed E-state index contributed by atoms with van der Waals surface area (Å²) in [7, 11) is 1.60. The van der Waals surface area contributed by atoms with E-state index in [2.05, 4.69) is 5.32 Å². The standard InChI is InChI=1S/C17H19NO4S/c1-10(2)15(11-4-6-12(22-3)7-5-11)18-16(19)13-8-9-14(23-13)17(20)21/h4-10,15H,1-3H3,(H,18,19)(H,20,21). The van der Waals surface area contributed by atoms with Crippen molar-refractivity contribution in [1.82, 2.24) is 5.32 Å². The third-order valence-corrected chi connectivity index (χ3v) is 4.54. The first-order chi connectivity index (χ1) is 10.9. The highest BCUT2D eigenvalue weighted by Crippen LogP contribution is 2.25. The molecule has 0 aliphatic heterocycles. The van der Waals surface area contributed by atoms with Crippen LogP contribution in [-0.4, -0.2) is 24.1 Å². The molecule has 2 rings (SSSR count). The molecule has 1 amide bonds. The molecule has 6 heteroatoms. The second kappa shape index (κ2) is 7.28. The maximum atomic E-state index is 12.4. The molecule has 2 N–H and O–H groups in total. The van der Waals surface area contributed by atoms with Gasteiger partial charge in [0.1, 0.15) is 10.6 Å². The van der Waals surface area contributed by atoms with Gasteiger partial charge in [-0.15, -0.1) is 11.3 Å². The Morgan fingerprint density at radius 2 is 1.70 bits per heavy atom. The van der Waals surface area contributed by atoms with Crippen molar-refractivity contribution in [3.63, 3.8) is 0 Å². The molecule has 0 radical (unpaired) electrons. The Morgan fingerprint density at radius 1 is 1.09 bits per heavy atom. The summed E-state index contributed by atoms with van der Waals surface area (Å²) in [6, 6.07) is 10.4. The van der Waals surface area contributed by atoms with Crippen LogP contribution in [0.5, 0.6) is 5.75 Å². The Balaban J connectivity index is 2.17. The molecule has 122 valence electrons. The first kappa shape index (κ1) is 17.0. The van der Waals surface area contributed by atoms with Crippen molar-refractivity contribution in [3.05, 3.63) is 51.7 Å². The number of carbonyl (C=O) groups is 2. The molecule has 0 bridgehead atoms. The molecule has 1 aromatic carbocycles. The predicted octanol–water partition coefficient (Wildman–Crippen LogP) is 3.58. The van der Waals surface area contributed by atoms with Gasteiger partial charge in [-0.2, -0.15) is 0 Å². The molecule has 5 nitrogen and oxygen atoms in total. The lowest BCUT2D eigenvalue weighted by Gasteiger charge is -2.23. The van der Waals surface area contributed by atoms with Gasteiger partial charge in [-0.05, 0) is 35.7 Å². The Kier molecular flexibility index (Phi) is 5.39. The van der Waals surface area contributed by atoms with Gasteiger partial charge in [0.2, 0.25) is 0 Å². The topological polar surface area (TPSA) is 75.6 Å². The average molecular weight is 333 g/mol. The van der Waals surface area contributed by atoms with Crippen LogP contribution in [0.3, 0.4) is 0 Å². The number of hydrogen-bond acceptors (Lipinski definition) is 4. The van der Waals surface area contributed by atoms with Gasteiger partial charge >= 0.3 is 5.97 Å². The second-order valence-electron chi connectivity index (χ2n) is 5.44. The van der Waals surface area contributed by atoms with Crippen LogP contribution in [0.1, 0.15) is 44.8 Å². The van der Waals surface area contributed by atoms with E-state index in [1.165, 1.54) is 12.1 Å². The predicted molar refractivity (Wildman–Crippen MR) is 89.3 cm³/mol. The summed E-state index contributed by atoms with van der Waals surface area (Å²) >= 11 is 0.972. The van der Waals surface area contributed by atoms with Gasteiger partial charge in [0.25, 0.3) is 5.91 Å². The smallest absolute Gasteiger partial charge is 0.345 e. The first-order valence-corrected chi connectivity index (χ1v) is 8.02. The SMILES string of the molecule is COc1ccc(C(NC(=O)c2ccc(C(=O)O)s2)C(C)C)cc1. The molecule has 1 aromatic heterocycles. The number of hydrogen-bond donors (Lipinski definition) is 2. The van der Waals surface area contributed by atoms with Gasteiger partial charge in [-0.1, -0.05) is 26.0 Å². The number of amides is 1. The minimum absolute atomic E-state index is 0.153. The molecule has 0 spiro atoms. The highest BCUT2D eigenvalue weighted by atomic mass is 32.1. The van der Waals surface area contributed by atoms with Crippen LogP contribution in [0.4, 0.5) is 0 Å². The molecular formula is C17H19NO4S. The Labute approximate surface area is 138 Å². The summed E-state index contributed by atoms with van der Waals surface area (Å²) in [6.07, 6.45) is 0. The number of carboxylic acids is 1. The number of carbonyl (C=O) groups excluding carboxylic acids is 1. The first-order valence-electron chi connectivity index (χ1n) is 7.20. The average Bonchev–Trinajstić information content (AvgIpc) is 3.02. The number of ether oxygens (including phenoxy) is 1. The van der Waals surface area contributed by atoms with Gasteiger partial charge in [0, 0.05) is 0 Å². The van der Waals surface area contributed by atoms with E-state index in [0.717, 1.165) is 22.6 Å². The second-order valence-corrected chi connectivity index (χ2v) is 6.52. The zero-order chi connectivity index (χ0) is 17.0. The summed E-state index contributed by atoms with van der Waals surface area (Å²) in [5, 5.41) is 11.9. The Hall–Kier alpha value is -2.34. The van der Waals surface area contributed by atoms with Crippen LogP contribution >= 0.6 is 11.3 Å².